The molecule has 3 aromatic rings. The highest BCUT2D eigenvalue weighted by atomic mass is 32.1. The largest absolute Gasteiger partial charge is 0.392 e. The van der Waals surface area contributed by atoms with Gasteiger partial charge in [-0.15, -0.1) is 6.58 Å². The molecule has 1 N–H and O–H groups in total. The van der Waals surface area contributed by atoms with Crippen molar-refractivity contribution in [2.45, 2.75) is 19.7 Å². The van der Waals surface area contributed by atoms with E-state index in [1.807, 2.05) is 28.8 Å². The van der Waals surface area contributed by atoms with Gasteiger partial charge in [0.05, 0.1) is 13.2 Å². The molecule has 0 fully saturated rings. The number of aliphatic hydroxyl groups is 1. The van der Waals surface area contributed by atoms with E-state index in [1.54, 1.807) is 17.0 Å². The average molecular weight is 345 g/mol. The van der Waals surface area contributed by atoms with E-state index in [0.29, 0.717) is 27.4 Å². The van der Waals surface area contributed by atoms with Crippen molar-refractivity contribution in [2.75, 3.05) is 0 Å². The highest BCUT2D eigenvalue weighted by Crippen LogP contribution is 2.18. The maximum Gasteiger partial charge on any atom is 0.273 e. The minimum absolute atomic E-state index is 0.00779. The second-order valence-electron chi connectivity index (χ2n) is 5.07. The molecule has 0 saturated heterocycles. The van der Waals surface area contributed by atoms with Gasteiger partial charge in [-0.25, -0.2) is 4.98 Å². The van der Waals surface area contributed by atoms with Crippen LogP contribution in [0.4, 0.5) is 0 Å². The molecule has 2 heterocycles. The number of aromatic nitrogens is 3. The third-order valence-electron chi connectivity index (χ3n) is 3.51. The van der Waals surface area contributed by atoms with Crippen molar-refractivity contribution in [1.82, 2.24) is 14.1 Å². The molecule has 0 saturated carbocycles. The van der Waals surface area contributed by atoms with E-state index in [9.17, 15) is 4.79 Å². The van der Waals surface area contributed by atoms with Crippen LogP contribution >= 0.6 is 23.6 Å². The number of hydrogen-bond donors (Lipinski definition) is 1. The molecule has 7 heteroatoms. The van der Waals surface area contributed by atoms with E-state index in [4.69, 9.17) is 17.3 Å². The van der Waals surface area contributed by atoms with Crippen molar-refractivity contribution < 1.29 is 5.11 Å². The van der Waals surface area contributed by atoms with Gasteiger partial charge in [0.25, 0.3) is 5.56 Å². The Balaban J connectivity index is 2.02. The van der Waals surface area contributed by atoms with Gasteiger partial charge in [0.1, 0.15) is 11.0 Å². The normalized spacial score (nSPS) is 11.0. The number of fused-ring (bicyclic) bond motifs is 1. The molecule has 118 valence electrons. The molecule has 5 nitrogen and oxygen atoms in total. The quantitative estimate of drug-likeness (QED) is 0.570. The van der Waals surface area contributed by atoms with E-state index in [-0.39, 0.29) is 12.2 Å². The van der Waals surface area contributed by atoms with Crippen LogP contribution in [-0.2, 0) is 19.7 Å². The highest BCUT2D eigenvalue weighted by molar-refractivity contribution is 7.73. The number of rotatable bonds is 5. The summed E-state index contributed by atoms with van der Waals surface area (Å²) in [6.45, 7) is 4.68. The fourth-order valence-electron chi connectivity index (χ4n) is 2.32. The van der Waals surface area contributed by atoms with E-state index < -0.39 is 0 Å². The van der Waals surface area contributed by atoms with Crippen molar-refractivity contribution in [3.8, 4) is 0 Å². The lowest BCUT2D eigenvalue weighted by molar-refractivity contribution is 0.282. The number of allylic oxidation sites excluding steroid dienone is 1. The van der Waals surface area contributed by atoms with Gasteiger partial charge in [-0.05, 0) is 23.3 Å². The van der Waals surface area contributed by atoms with Crippen molar-refractivity contribution >= 4 is 33.9 Å². The van der Waals surface area contributed by atoms with Gasteiger partial charge in [0.2, 0.25) is 0 Å². The summed E-state index contributed by atoms with van der Waals surface area (Å²) in [7, 11) is 0. The maximum atomic E-state index is 12.6. The lowest BCUT2D eigenvalue weighted by atomic mass is 10.1. The first-order chi connectivity index (χ1) is 11.1. The molecule has 0 aliphatic heterocycles. The van der Waals surface area contributed by atoms with Gasteiger partial charge < -0.3 is 9.67 Å². The molecule has 0 spiro atoms. The first kappa shape index (κ1) is 15.8. The van der Waals surface area contributed by atoms with Gasteiger partial charge in [0.15, 0.2) is 9.60 Å². The fourth-order valence-corrected chi connectivity index (χ4v) is 3.64. The van der Waals surface area contributed by atoms with Crippen LogP contribution in [0, 0.1) is 3.95 Å². The third kappa shape index (κ3) is 3.03. The van der Waals surface area contributed by atoms with E-state index in [1.165, 1.54) is 11.3 Å². The fraction of sp³-hybridized carbons (Fsp3) is 0.188. The van der Waals surface area contributed by atoms with Gasteiger partial charge in [-0.2, -0.15) is 0 Å². The SMILES string of the molecule is C=CCn1c(=S)sc2c(=O)n(Cc3ccc(CO)cc3)cnc21. The first-order valence-electron chi connectivity index (χ1n) is 7.02. The summed E-state index contributed by atoms with van der Waals surface area (Å²) >= 11 is 6.58. The van der Waals surface area contributed by atoms with Crippen molar-refractivity contribution in [2.24, 2.45) is 0 Å². The zero-order valence-electron chi connectivity index (χ0n) is 12.3. The summed E-state index contributed by atoms with van der Waals surface area (Å²) in [5, 5.41) is 9.07. The predicted molar refractivity (Wildman–Crippen MR) is 94.4 cm³/mol. The summed E-state index contributed by atoms with van der Waals surface area (Å²) in [6, 6.07) is 7.48. The monoisotopic (exact) mass is 345 g/mol. The number of nitrogens with zero attached hydrogens (tertiary/aromatic N) is 3. The highest BCUT2D eigenvalue weighted by Gasteiger charge is 2.11. The average Bonchev–Trinajstić information content (AvgIpc) is 2.88. The van der Waals surface area contributed by atoms with Crippen LogP contribution in [0.5, 0.6) is 0 Å². The molecule has 0 aliphatic carbocycles. The summed E-state index contributed by atoms with van der Waals surface area (Å²) in [6.07, 6.45) is 3.28. The summed E-state index contributed by atoms with van der Waals surface area (Å²) in [5.41, 5.74) is 2.32. The van der Waals surface area contributed by atoms with Crippen molar-refractivity contribution in [3.63, 3.8) is 0 Å². The standard InChI is InChI=1S/C16H15N3O2S2/c1-2-7-19-14-13(23-16(19)22)15(21)18(10-17-14)8-11-3-5-12(9-20)6-4-11/h2-6,10,20H,1,7-9H2. The Morgan fingerprint density at radius 3 is 2.65 bits per heavy atom. The molecule has 1 aromatic carbocycles. The molecular weight excluding hydrogens is 330 g/mol. The molecule has 0 radical (unpaired) electrons. The van der Waals surface area contributed by atoms with Crippen LogP contribution in [-0.4, -0.2) is 19.2 Å². The van der Waals surface area contributed by atoms with Gasteiger partial charge >= 0.3 is 0 Å². The maximum absolute atomic E-state index is 12.6. The minimum atomic E-state index is -0.0971. The number of aliphatic hydroxyl groups excluding tert-OH is 1. The summed E-state index contributed by atoms with van der Waals surface area (Å²) in [4.78, 5) is 17.0. The van der Waals surface area contributed by atoms with E-state index in [0.717, 1.165) is 11.1 Å². The van der Waals surface area contributed by atoms with Gasteiger partial charge in [-0.3, -0.25) is 9.36 Å². The van der Waals surface area contributed by atoms with Crippen LogP contribution < -0.4 is 5.56 Å². The van der Waals surface area contributed by atoms with Crippen LogP contribution in [0.15, 0.2) is 48.0 Å². The zero-order valence-corrected chi connectivity index (χ0v) is 13.9. The zero-order chi connectivity index (χ0) is 16.4. The second kappa shape index (κ2) is 6.57. The van der Waals surface area contributed by atoms with Gasteiger partial charge in [-0.1, -0.05) is 41.7 Å². The Morgan fingerprint density at radius 2 is 2.00 bits per heavy atom. The Hall–Kier alpha value is -2.09. The van der Waals surface area contributed by atoms with Crippen molar-refractivity contribution in [3.05, 3.63) is 68.7 Å². The van der Waals surface area contributed by atoms with Crippen molar-refractivity contribution in [1.29, 1.82) is 0 Å². The number of benzene rings is 1. The topological polar surface area (TPSA) is 60.0 Å². The molecule has 0 bridgehead atoms. The molecule has 0 amide bonds. The Kier molecular flexibility index (Phi) is 4.51. The minimum Gasteiger partial charge on any atom is -0.392 e. The molecule has 0 aliphatic rings. The molecule has 0 unspecified atom stereocenters. The van der Waals surface area contributed by atoms with Crippen LogP contribution in [0.1, 0.15) is 11.1 Å². The molecule has 2 aromatic heterocycles. The Bertz CT molecular complexity index is 968. The molecule has 3 rings (SSSR count). The summed E-state index contributed by atoms with van der Waals surface area (Å²) in [5.74, 6) is 0. The smallest absolute Gasteiger partial charge is 0.273 e. The number of thiazole rings is 1. The summed E-state index contributed by atoms with van der Waals surface area (Å²) < 4.78 is 4.56. The molecular formula is C16H15N3O2S2. The lowest BCUT2D eigenvalue weighted by Crippen LogP contribution is -2.20. The Morgan fingerprint density at radius 1 is 1.30 bits per heavy atom. The number of hydrogen-bond acceptors (Lipinski definition) is 5. The third-order valence-corrected chi connectivity index (χ3v) is 4.94. The van der Waals surface area contributed by atoms with E-state index >= 15 is 0 Å². The molecule has 23 heavy (non-hydrogen) atoms. The van der Waals surface area contributed by atoms with Gasteiger partial charge in [0, 0.05) is 6.54 Å². The predicted octanol–water partition coefficient (Wildman–Crippen LogP) is 2.72. The van der Waals surface area contributed by atoms with Crippen LogP contribution in [0.2, 0.25) is 0 Å². The van der Waals surface area contributed by atoms with E-state index in [2.05, 4.69) is 11.6 Å². The first-order valence-corrected chi connectivity index (χ1v) is 8.25. The van der Waals surface area contributed by atoms with Crippen LogP contribution in [0.3, 0.4) is 0 Å². The molecule has 0 atom stereocenters. The lowest BCUT2D eigenvalue weighted by Gasteiger charge is -2.06. The Labute approximate surface area is 141 Å². The second-order valence-corrected chi connectivity index (χ2v) is 6.72. The van der Waals surface area contributed by atoms with Crippen LogP contribution in [0.25, 0.3) is 10.3 Å².